The van der Waals surface area contributed by atoms with E-state index in [9.17, 15) is 4.79 Å². The normalized spacial score (nSPS) is 18.7. The number of rotatable bonds is 2. The Kier molecular flexibility index (Phi) is 3.24. The van der Waals surface area contributed by atoms with Crippen molar-refractivity contribution in [2.24, 2.45) is 5.10 Å². The summed E-state index contributed by atoms with van der Waals surface area (Å²) in [6.45, 7) is 3.67. The SMILES string of the molecule is CC(=O)N1N=C(c2ccsc2)CC1c1sccc1C. The number of hydrogen-bond acceptors (Lipinski definition) is 4. The number of hydrazone groups is 1. The molecule has 0 spiro atoms. The summed E-state index contributed by atoms with van der Waals surface area (Å²) in [6, 6.07) is 4.22. The van der Waals surface area contributed by atoms with Crippen molar-refractivity contribution in [1.29, 1.82) is 0 Å². The minimum Gasteiger partial charge on any atom is -0.273 e. The highest BCUT2D eigenvalue weighted by atomic mass is 32.1. The van der Waals surface area contributed by atoms with Gasteiger partial charge in [0.1, 0.15) is 0 Å². The lowest BCUT2D eigenvalue weighted by Crippen LogP contribution is -2.24. The van der Waals surface area contributed by atoms with Gasteiger partial charge in [-0.15, -0.1) is 11.3 Å². The fourth-order valence-electron chi connectivity index (χ4n) is 2.33. The number of carbonyl (C=O) groups is 1. The Morgan fingerprint density at radius 2 is 2.26 bits per heavy atom. The maximum atomic E-state index is 11.8. The number of carbonyl (C=O) groups excluding carboxylic acids is 1. The molecule has 0 bridgehead atoms. The fourth-order valence-corrected chi connectivity index (χ4v) is 4.01. The molecule has 1 atom stereocenters. The topological polar surface area (TPSA) is 32.7 Å². The van der Waals surface area contributed by atoms with Gasteiger partial charge in [0.05, 0.1) is 11.8 Å². The summed E-state index contributed by atoms with van der Waals surface area (Å²) >= 11 is 3.36. The van der Waals surface area contributed by atoms with Crippen LogP contribution in [0.15, 0.2) is 33.4 Å². The van der Waals surface area contributed by atoms with Gasteiger partial charge in [-0.05, 0) is 40.8 Å². The molecule has 3 nitrogen and oxygen atoms in total. The molecule has 3 heterocycles. The van der Waals surface area contributed by atoms with E-state index in [1.165, 1.54) is 10.4 Å². The predicted molar refractivity (Wildman–Crippen MR) is 79.8 cm³/mol. The number of aryl methyl sites for hydroxylation is 1. The molecule has 0 fully saturated rings. The van der Waals surface area contributed by atoms with Gasteiger partial charge >= 0.3 is 0 Å². The van der Waals surface area contributed by atoms with Crippen LogP contribution in [-0.4, -0.2) is 16.6 Å². The number of hydrogen-bond donors (Lipinski definition) is 0. The minimum absolute atomic E-state index is 0.00281. The van der Waals surface area contributed by atoms with E-state index >= 15 is 0 Å². The summed E-state index contributed by atoms with van der Waals surface area (Å²) in [5.41, 5.74) is 3.38. The maximum Gasteiger partial charge on any atom is 0.240 e. The second-order valence-electron chi connectivity index (χ2n) is 4.61. The Balaban J connectivity index is 1.96. The van der Waals surface area contributed by atoms with Gasteiger partial charge in [0.25, 0.3) is 0 Å². The highest BCUT2D eigenvalue weighted by Crippen LogP contribution is 2.37. The second-order valence-corrected chi connectivity index (χ2v) is 6.34. The molecule has 19 heavy (non-hydrogen) atoms. The molecule has 5 heteroatoms. The van der Waals surface area contributed by atoms with Crippen LogP contribution in [0.3, 0.4) is 0 Å². The van der Waals surface area contributed by atoms with Crippen LogP contribution in [0.2, 0.25) is 0 Å². The lowest BCUT2D eigenvalue weighted by Gasteiger charge is -2.19. The third kappa shape index (κ3) is 2.24. The van der Waals surface area contributed by atoms with Crippen LogP contribution in [0.25, 0.3) is 0 Å². The molecular formula is C14H14N2OS2. The van der Waals surface area contributed by atoms with Crippen molar-refractivity contribution < 1.29 is 4.79 Å². The van der Waals surface area contributed by atoms with Gasteiger partial charge in [-0.2, -0.15) is 16.4 Å². The van der Waals surface area contributed by atoms with Crippen molar-refractivity contribution in [1.82, 2.24) is 5.01 Å². The Morgan fingerprint density at radius 3 is 2.84 bits per heavy atom. The molecule has 2 aromatic heterocycles. The molecule has 98 valence electrons. The third-order valence-corrected chi connectivity index (χ3v) is 5.10. The van der Waals surface area contributed by atoms with Crippen LogP contribution in [0.4, 0.5) is 0 Å². The average molecular weight is 290 g/mol. The summed E-state index contributed by atoms with van der Waals surface area (Å²) in [6.07, 6.45) is 0.803. The van der Waals surface area contributed by atoms with Crippen LogP contribution < -0.4 is 0 Å². The van der Waals surface area contributed by atoms with E-state index in [1.807, 2.05) is 5.38 Å². The quantitative estimate of drug-likeness (QED) is 0.827. The zero-order chi connectivity index (χ0) is 13.4. The van der Waals surface area contributed by atoms with Crippen LogP contribution in [0.1, 0.15) is 35.4 Å². The van der Waals surface area contributed by atoms with Crippen LogP contribution >= 0.6 is 22.7 Å². The van der Waals surface area contributed by atoms with Gasteiger partial charge in [-0.1, -0.05) is 0 Å². The molecule has 0 aromatic carbocycles. The molecule has 0 saturated carbocycles. The van der Waals surface area contributed by atoms with Crippen molar-refractivity contribution in [2.75, 3.05) is 0 Å². The molecule has 1 aliphatic heterocycles. The van der Waals surface area contributed by atoms with Crippen LogP contribution in [-0.2, 0) is 4.79 Å². The van der Waals surface area contributed by atoms with Gasteiger partial charge in [-0.25, -0.2) is 5.01 Å². The molecule has 0 radical (unpaired) electrons. The van der Waals surface area contributed by atoms with E-state index in [-0.39, 0.29) is 11.9 Å². The molecular weight excluding hydrogens is 276 g/mol. The Morgan fingerprint density at radius 1 is 1.42 bits per heavy atom. The van der Waals surface area contributed by atoms with Crippen molar-refractivity contribution in [3.05, 3.63) is 44.3 Å². The van der Waals surface area contributed by atoms with Gasteiger partial charge in [-0.3, -0.25) is 4.79 Å². The van der Waals surface area contributed by atoms with Gasteiger partial charge < -0.3 is 0 Å². The third-order valence-electron chi connectivity index (χ3n) is 3.29. The fraction of sp³-hybridized carbons (Fsp3) is 0.286. The first-order valence-electron chi connectivity index (χ1n) is 6.10. The number of amides is 1. The van der Waals surface area contributed by atoms with Crippen molar-refractivity contribution in [3.8, 4) is 0 Å². The monoisotopic (exact) mass is 290 g/mol. The predicted octanol–water partition coefficient (Wildman–Crippen LogP) is 3.82. The first kappa shape index (κ1) is 12.6. The van der Waals surface area contributed by atoms with E-state index in [2.05, 4.69) is 34.9 Å². The van der Waals surface area contributed by atoms with E-state index in [1.54, 1.807) is 34.6 Å². The van der Waals surface area contributed by atoms with Crippen molar-refractivity contribution in [2.45, 2.75) is 26.3 Å². The summed E-state index contributed by atoms with van der Waals surface area (Å²) in [7, 11) is 0. The molecule has 1 aliphatic rings. The Hall–Kier alpha value is -1.46. The van der Waals surface area contributed by atoms with E-state index in [4.69, 9.17) is 0 Å². The van der Waals surface area contributed by atoms with Gasteiger partial charge in [0.15, 0.2) is 0 Å². The van der Waals surface area contributed by atoms with Gasteiger partial charge in [0.2, 0.25) is 5.91 Å². The zero-order valence-electron chi connectivity index (χ0n) is 10.8. The molecule has 0 saturated heterocycles. The van der Waals surface area contributed by atoms with Crippen LogP contribution in [0, 0.1) is 6.92 Å². The Labute approximate surface area is 120 Å². The molecule has 3 rings (SSSR count). The smallest absolute Gasteiger partial charge is 0.240 e. The summed E-state index contributed by atoms with van der Waals surface area (Å²) in [5, 5.41) is 12.4. The van der Waals surface area contributed by atoms with E-state index in [0.717, 1.165) is 17.7 Å². The maximum absolute atomic E-state index is 11.8. The molecule has 1 amide bonds. The molecule has 0 N–H and O–H groups in total. The summed E-state index contributed by atoms with van der Waals surface area (Å²) < 4.78 is 0. The lowest BCUT2D eigenvalue weighted by molar-refractivity contribution is -0.130. The zero-order valence-corrected chi connectivity index (χ0v) is 12.4. The van der Waals surface area contributed by atoms with Crippen molar-refractivity contribution >= 4 is 34.3 Å². The molecule has 1 unspecified atom stereocenters. The summed E-state index contributed by atoms with van der Waals surface area (Å²) in [5.74, 6) is 0.00281. The number of nitrogens with zero attached hydrogens (tertiary/aromatic N) is 2. The molecule has 2 aromatic rings. The highest BCUT2D eigenvalue weighted by molar-refractivity contribution is 7.10. The Bertz CT molecular complexity index is 628. The van der Waals surface area contributed by atoms with E-state index in [0.29, 0.717) is 0 Å². The minimum atomic E-state index is 0.00281. The standard InChI is InChI=1S/C14H14N2OS2/c1-9-3-6-19-14(9)13-7-12(11-4-5-18-8-11)15-16(13)10(2)17/h3-6,8,13H,7H2,1-2H3. The van der Waals surface area contributed by atoms with Crippen LogP contribution in [0.5, 0.6) is 0 Å². The number of thiophene rings is 2. The summed E-state index contributed by atoms with van der Waals surface area (Å²) in [4.78, 5) is 13.0. The first-order chi connectivity index (χ1) is 9.16. The first-order valence-corrected chi connectivity index (χ1v) is 7.93. The largest absolute Gasteiger partial charge is 0.273 e. The average Bonchev–Trinajstić information content (AvgIpc) is 3.07. The van der Waals surface area contributed by atoms with Crippen molar-refractivity contribution in [3.63, 3.8) is 0 Å². The second kappa shape index (κ2) is 4.90. The molecule has 0 aliphatic carbocycles. The lowest BCUT2D eigenvalue weighted by atomic mass is 10.0. The highest BCUT2D eigenvalue weighted by Gasteiger charge is 2.32. The van der Waals surface area contributed by atoms with Gasteiger partial charge in [0, 0.05) is 23.8 Å². The van der Waals surface area contributed by atoms with E-state index < -0.39 is 0 Å².